The Hall–Kier alpha value is -4.79. The van der Waals surface area contributed by atoms with Gasteiger partial charge in [0.05, 0.1) is 25.1 Å². The number of rotatable bonds is 5. The number of hydrogen-bond donors (Lipinski definition) is 2. The number of ether oxygens (including phenoxy) is 3. The topological polar surface area (TPSA) is 123 Å². The standard InChI is InChI=1S/C28H23NO8/c1-35-23(31)13-16-5-8-19(9-6-16)29-25(17-3-2-4-20(30)14-17)24(27(33)28(29)34)26(32)18-7-10-21-22(15-18)37-12-11-36-21/h2-10,14-15,25,30,32H,11-13H2,1H3/b26-24-. The molecule has 1 amide bonds. The Morgan fingerprint density at radius 2 is 1.73 bits per heavy atom. The SMILES string of the molecule is COC(=O)Cc1ccc(N2C(=O)C(=O)/C(=C(\O)c3ccc4c(c3)OCCO4)C2c2cccc(O)c2)cc1. The summed E-state index contributed by atoms with van der Waals surface area (Å²) in [5.41, 5.74) is 1.62. The number of phenols is 1. The molecule has 188 valence electrons. The zero-order valence-corrected chi connectivity index (χ0v) is 19.8. The molecule has 2 N–H and O–H groups in total. The zero-order valence-electron chi connectivity index (χ0n) is 19.8. The second-order valence-electron chi connectivity index (χ2n) is 8.54. The Balaban J connectivity index is 1.62. The normalized spacial score (nSPS) is 18.1. The van der Waals surface area contributed by atoms with E-state index in [-0.39, 0.29) is 29.1 Å². The maximum absolute atomic E-state index is 13.3. The molecule has 0 radical (unpaired) electrons. The minimum atomic E-state index is -1.02. The lowest BCUT2D eigenvalue weighted by atomic mass is 9.94. The van der Waals surface area contributed by atoms with E-state index in [1.54, 1.807) is 54.6 Å². The molecule has 0 spiro atoms. The van der Waals surface area contributed by atoms with Gasteiger partial charge in [0, 0.05) is 11.3 Å². The number of nitrogens with zero attached hydrogens (tertiary/aromatic N) is 1. The van der Waals surface area contributed by atoms with Crippen LogP contribution in [0.1, 0.15) is 22.7 Å². The summed E-state index contributed by atoms with van der Waals surface area (Å²) < 4.78 is 15.8. The number of methoxy groups -OCH3 is 1. The third-order valence-electron chi connectivity index (χ3n) is 6.24. The van der Waals surface area contributed by atoms with Crippen molar-refractivity contribution in [1.29, 1.82) is 0 Å². The Bertz CT molecular complexity index is 1430. The molecule has 5 rings (SSSR count). The van der Waals surface area contributed by atoms with Gasteiger partial charge in [0.2, 0.25) is 0 Å². The van der Waals surface area contributed by atoms with Gasteiger partial charge in [-0.2, -0.15) is 0 Å². The number of carbonyl (C=O) groups excluding carboxylic acids is 3. The minimum Gasteiger partial charge on any atom is -0.508 e. The maximum Gasteiger partial charge on any atom is 0.309 e. The van der Waals surface area contributed by atoms with Crippen molar-refractivity contribution in [2.45, 2.75) is 12.5 Å². The van der Waals surface area contributed by atoms with Crippen molar-refractivity contribution < 1.29 is 38.8 Å². The second-order valence-corrected chi connectivity index (χ2v) is 8.54. The van der Waals surface area contributed by atoms with Crippen LogP contribution in [0.5, 0.6) is 17.2 Å². The maximum atomic E-state index is 13.3. The summed E-state index contributed by atoms with van der Waals surface area (Å²) in [5, 5.41) is 21.5. The number of Topliss-reactive ketones (excluding diaryl/α,β-unsaturated/α-hetero) is 1. The van der Waals surface area contributed by atoms with E-state index in [0.717, 1.165) is 0 Å². The molecule has 3 aromatic rings. The van der Waals surface area contributed by atoms with E-state index in [1.807, 2.05) is 0 Å². The van der Waals surface area contributed by atoms with Crippen LogP contribution >= 0.6 is 0 Å². The number of aliphatic hydroxyl groups is 1. The smallest absolute Gasteiger partial charge is 0.309 e. The molecule has 37 heavy (non-hydrogen) atoms. The van der Waals surface area contributed by atoms with E-state index in [4.69, 9.17) is 14.2 Å². The highest BCUT2D eigenvalue weighted by atomic mass is 16.6. The Kier molecular flexibility index (Phi) is 6.27. The van der Waals surface area contributed by atoms with Gasteiger partial charge in [-0.05, 0) is 53.6 Å². The quantitative estimate of drug-likeness (QED) is 0.236. The molecule has 1 atom stereocenters. The summed E-state index contributed by atoms with van der Waals surface area (Å²) in [6.45, 7) is 0.746. The molecule has 0 aromatic heterocycles. The van der Waals surface area contributed by atoms with Gasteiger partial charge in [0.25, 0.3) is 11.7 Å². The number of fused-ring (bicyclic) bond motifs is 1. The minimum absolute atomic E-state index is 0.0513. The van der Waals surface area contributed by atoms with Crippen LogP contribution in [-0.2, 0) is 25.5 Å². The number of carbonyl (C=O) groups is 3. The summed E-state index contributed by atoms with van der Waals surface area (Å²) in [4.78, 5) is 39.5. The number of aliphatic hydroxyl groups excluding tert-OH is 1. The molecule has 9 heteroatoms. The molecule has 0 bridgehead atoms. The van der Waals surface area contributed by atoms with Gasteiger partial charge in [-0.3, -0.25) is 19.3 Å². The second kappa shape index (κ2) is 9.69. The molecule has 2 aliphatic rings. The number of phenolic OH excluding ortho intramolecular Hbond substituents is 1. The number of anilines is 1. The van der Waals surface area contributed by atoms with E-state index in [9.17, 15) is 24.6 Å². The average Bonchev–Trinajstić information content (AvgIpc) is 3.18. The summed E-state index contributed by atoms with van der Waals surface area (Å²) in [6, 6.07) is 16.4. The molecule has 0 aliphatic carbocycles. The molecular weight excluding hydrogens is 478 g/mol. The van der Waals surface area contributed by atoms with Crippen LogP contribution in [-0.4, -0.2) is 48.2 Å². The summed E-state index contributed by atoms with van der Waals surface area (Å²) in [6.07, 6.45) is 0.0513. The molecule has 2 aliphatic heterocycles. The van der Waals surface area contributed by atoms with Crippen molar-refractivity contribution in [2.24, 2.45) is 0 Å². The molecule has 9 nitrogen and oxygen atoms in total. The number of benzene rings is 3. The van der Waals surface area contributed by atoms with Crippen molar-refractivity contribution in [3.63, 3.8) is 0 Å². The zero-order chi connectivity index (χ0) is 26.1. The summed E-state index contributed by atoms with van der Waals surface area (Å²) in [7, 11) is 1.30. The largest absolute Gasteiger partial charge is 0.508 e. The van der Waals surface area contributed by atoms with Crippen molar-refractivity contribution in [2.75, 3.05) is 25.2 Å². The number of esters is 1. The van der Waals surface area contributed by atoms with Gasteiger partial charge in [-0.15, -0.1) is 0 Å². The van der Waals surface area contributed by atoms with Gasteiger partial charge in [0.15, 0.2) is 11.5 Å². The van der Waals surface area contributed by atoms with Crippen LogP contribution in [0, 0.1) is 0 Å². The number of hydrogen-bond acceptors (Lipinski definition) is 8. The fourth-order valence-corrected chi connectivity index (χ4v) is 4.47. The fraction of sp³-hybridized carbons (Fsp3) is 0.179. The molecule has 2 heterocycles. The molecular formula is C28H23NO8. The van der Waals surface area contributed by atoms with Gasteiger partial charge in [-0.1, -0.05) is 24.3 Å². The van der Waals surface area contributed by atoms with Crippen molar-refractivity contribution in [1.82, 2.24) is 0 Å². The predicted octanol–water partition coefficient (Wildman–Crippen LogP) is 3.51. The summed E-state index contributed by atoms with van der Waals surface area (Å²) in [5.74, 6) is -1.64. The van der Waals surface area contributed by atoms with Crippen LogP contribution in [0.25, 0.3) is 5.76 Å². The van der Waals surface area contributed by atoms with Gasteiger partial charge in [-0.25, -0.2) is 0 Å². The number of amides is 1. The molecule has 1 saturated heterocycles. The Morgan fingerprint density at radius 3 is 2.43 bits per heavy atom. The molecule has 0 saturated carbocycles. The van der Waals surface area contributed by atoms with Crippen molar-refractivity contribution in [3.8, 4) is 17.2 Å². The van der Waals surface area contributed by atoms with Gasteiger partial charge >= 0.3 is 5.97 Å². The highest BCUT2D eigenvalue weighted by Gasteiger charge is 2.47. The first-order valence-electron chi connectivity index (χ1n) is 11.5. The first-order chi connectivity index (χ1) is 17.9. The number of ketones is 1. The van der Waals surface area contributed by atoms with Crippen LogP contribution in [0.4, 0.5) is 5.69 Å². The number of aromatic hydroxyl groups is 1. The Labute approximate surface area is 212 Å². The van der Waals surface area contributed by atoms with Crippen LogP contribution in [0.2, 0.25) is 0 Å². The highest BCUT2D eigenvalue weighted by Crippen LogP contribution is 2.43. The van der Waals surface area contributed by atoms with Crippen molar-refractivity contribution >= 4 is 29.1 Å². The summed E-state index contributed by atoms with van der Waals surface area (Å²) >= 11 is 0. The lowest BCUT2D eigenvalue weighted by molar-refractivity contribution is -0.139. The third kappa shape index (κ3) is 4.47. The molecule has 1 unspecified atom stereocenters. The molecule has 1 fully saturated rings. The van der Waals surface area contributed by atoms with Crippen molar-refractivity contribution in [3.05, 3.63) is 89.0 Å². The van der Waals surface area contributed by atoms with E-state index >= 15 is 0 Å². The van der Waals surface area contributed by atoms with E-state index < -0.39 is 23.7 Å². The van der Waals surface area contributed by atoms with E-state index in [2.05, 4.69) is 0 Å². The first-order valence-corrected chi connectivity index (χ1v) is 11.5. The fourth-order valence-electron chi connectivity index (χ4n) is 4.47. The lowest BCUT2D eigenvalue weighted by Crippen LogP contribution is -2.29. The first kappa shape index (κ1) is 23.9. The van der Waals surface area contributed by atoms with E-state index in [1.165, 1.54) is 24.1 Å². The van der Waals surface area contributed by atoms with Crippen LogP contribution in [0.15, 0.2) is 72.3 Å². The van der Waals surface area contributed by atoms with Gasteiger partial charge in [0.1, 0.15) is 24.7 Å². The Morgan fingerprint density at radius 1 is 1.00 bits per heavy atom. The monoisotopic (exact) mass is 501 g/mol. The average molecular weight is 501 g/mol. The van der Waals surface area contributed by atoms with E-state index in [0.29, 0.717) is 41.5 Å². The van der Waals surface area contributed by atoms with Crippen LogP contribution in [0.3, 0.4) is 0 Å². The van der Waals surface area contributed by atoms with Gasteiger partial charge < -0.3 is 24.4 Å². The highest BCUT2D eigenvalue weighted by molar-refractivity contribution is 6.51. The predicted molar refractivity (Wildman–Crippen MR) is 132 cm³/mol. The lowest BCUT2D eigenvalue weighted by Gasteiger charge is -2.26. The molecule has 3 aromatic carbocycles. The third-order valence-corrected chi connectivity index (χ3v) is 6.24. The van der Waals surface area contributed by atoms with Crippen LogP contribution < -0.4 is 14.4 Å².